The molecule has 5 heteroatoms. The molecule has 1 fully saturated rings. The van der Waals surface area contributed by atoms with Crippen LogP contribution >= 0.6 is 0 Å². The maximum atomic E-state index is 5.28. The Morgan fingerprint density at radius 3 is 3.00 bits per heavy atom. The van der Waals surface area contributed by atoms with Crippen molar-refractivity contribution < 1.29 is 4.74 Å². The molecule has 1 aromatic rings. The number of nitrogens with zero attached hydrogens (tertiary/aromatic N) is 3. The summed E-state index contributed by atoms with van der Waals surface area (Å²) in [6.07, 6.45) is 5.55. The lowest BCUT2D eigenvalue weighted by Crippen LogP contribution is -2.36. The minimum absolute atomic E-state index is 0.618. The SMILES string of the molecule is c1ncn(CCNC2CCOCC2)n1. The van der Waals surface area contributed by atoms with Gasteiger partial charge in [-0.05, 0) is 12.8 Å². The van der Waals surface area contributed by atoms with Gasteiger partial charge in [0, 0.05) is 25.8 Å². The smallest absolute Gasteiger partial charge is 0.137 e. The Balaban J connectivity index is 1.62. The van der Waals surface area contributed by atoms with Crippen molar-refractivity contribution in [2.45, 2.75) is 25.4 Å². The van der Waals surface area contributed by atoms with Crippen molar-refractivity contribution in [3.8, 4) is 0 Å². The zero-order valence-electron chi connectivity index (χ0n) is 8.22. The molecule has 0 bridgehead atoms. The van der Waals surface area contributed by atoms with Gasteiger partial charge in [-0.25, -0.2) is 4.98 Å². The van der Waals surface area contributed by atoms with Crippen LogP contribution < -0.4 is 5.32 Å². The molecular weight excluding hydrogens is 180 g/mol. The van der Waals surface area contributed by atoms with Crippen LogP contribution in [-0.4, -0.2) is 40.6 Å². The van der Waals surface area contributed by atoms with Crippen LogP contribution in [0.4, 0.5) is 0 Å². The topological polar surface area (TPSA) is 52.0 Å². The van der Waals surface area contributed by atoms with Crippen LogP contribution in [-0.2, 0) is 11.3 Å². The summed E-state index contributed by atoms with van der Waals surface area (Å²) in [5.74, 6) is 0. The van der Waals surface area contributed by atoms with E-state index < -0.39 is 0 Å². The van der Waals surface area contributed by atoms with E-state index >= 15 is 0 Å². The monoisotopic (exact) mass is 196 g/mol. The van der Waals surface area contributed by atoms with Crippen LogP contribution in [0, 0.1) is 0 Å². The number of hydrogen-bond acceptors (Lipinski definition) is 4. The molecular formula is C9H16N4O. The van der Waals surface area contributed by atoms with Gasteiger partial charge in [-0.3, -0.25) is 4.68 Å². The van der Waals surface area contributed by atoms with Crippen LogP contribution in [0.25, 0.3) is 0 Å². The molecule has 1 aromatic heterocycles. The average molecular weight is 196 g/mol. The Hall–Kier alpha value is -0.940. The van der Waals surface area contributed by atoms with Crippen molar-refractivity contribution >= 4 is 0 Å². The van der Waals surface area contributed by atoms with Gasteiger partial charge in [0.1, 0.15) is 12.7 Å². The van der Waals surface area contributed by atoms with E-state index in [0.717, 1.165) is 39.1 Å². The Morgan fingerprint density at radius 2 is 2.29 bits per heavy atom. The second-order valence-electron chi connectivity index (χ2n) is 3.50. The van der Waals surface area contributed by atoms with Gasteiger partial charge in [-0.15, -0.1) is 0 Å². The number of rotatable bonds is 4. The molecule has 0 aliphatic carbocycles. The van der Waals surface area contributed by atoms with Gasteiger partial charge in [0.2, 0.25) is 0 Å². The highest BCUT2D eigenvalue weighted by Crippen LogP contribution is 2.05. The van der Waals surface area contributed by atoms with Gasteiger partial charge in [0.25, 0.3) is 0 Å². The summed E-state index contributed by atoms with van der Waals surface area (Å²) in [4.78, 5) is 3.89. The molecule has 14 heavy (non-hydrogen) atoms. The molecule has 1 aliphatic heterocycles. The third-order valence-corrected chi connectivity index (χ3v) is 2.46. The first-order valence-electron chi connectivity index (χ1n) is 5.09. The predicted octanol–water partition coefficient (Wildman–Crippen LogP) is 0.0467. The van der Waals surface area contributed by atoms with E-state index in [1.54, 1.807) is 12.7 Å². The lowest BCUT2D eigenvalue weighted by molar-refractivity contribution is 0.0778. The zero-order chi connectivity index (χ0) is 9.64. The van der Waals surface area contributed by atoms with Crippen molar-refractivity contribution in [2.75, 3.05) is 19.8 Å². The number of hydrogen-bond donors (Lipinski definition) is 1. The minimum Gasteiger partial charge on any atom is -0.381 e. The maximum absolute atomic E-state index is 5.28. The lowest BCUT2D eigenvalue weighted by Gasteiger charge is -2.23. The summed E-state index contributed by atoms with van der Waals surface area (Å²) < 4.78 is 7.12. The molecule has 1 N–H and O–H groups in total. The molecule has 2 heterocycles. The molecule has 0 radical (unpaired) electrons. The predicted molar refractivity (Wildman–Crippen MR) is 51.9 cm³/mol. The van der Waals surface area contributed by atoms with Gasteiger partial charge in [-0.2, -0.15) is 5.10 Å². The summed E-state index contributed by atoms with van der Waals surface area (Å²) in [6.45, 7) is 3.62. The minimum atomic E-state index is 0.618. The average Bonchev–Trinajstić information content (AvgIpc) is 2.72. The van der Waals surface area contributed by atoms with E-state index in [1.165, 1.54) is 0 Å². The normalized spacial score (nSPS) is 18.6. The van der Waals surface area contributed by atoms with Gasteiger partial charge in [0.15, 0.2) is 0 Å². The summed E-state index contributed by atoms with van der Waals surface area (Å²) in [5.41, 5.74) is 0. The van der Waals surface area contributed by atoms with Crippen molar-refractivity contribution in [1.82, 2.24) is 20.1 Å². The third kappa shape index (κ3) is 2.78. The molecule has 0 amide bonds. The molecule has 0 unspecified atom stereocenters. The standard InChI is InChI=1S/C9H16N4O/c1-5-14-6-2-9(1)11-3-4-13-8-10-7-12-13/h7-9,11H,1-6H2. The molecule has 1 saturated heterocycles. The Labute approximate surface area is 83.5 Å². The molecule has 2 rings (SSSR count). The van der Waals surface area contributed by atoms with E-state index in [9.17, 15) is 0 Å². The van der Waals surface area contributed by atoms with E-state index in [1.807, 2.05) is 4.68 Å². The molecule has 0 atom stereocenters. The maximum Gasteiger partial charge on any atom is 0.137 e. The molecule has 0 aromatic carbocycles. The summed E-state index contributed by atoms with van der Waals surface area (Å²) in [5, 5.41) is 7.53. The first-order valence-corrected chi connectivity index (χ1v) is 5.09. The van der Waals surface area contributed by atoms with Crippen LogP contribution in [0.2, 0.25) is 0 Å². The van der Waals surface area contributed by atoms with Gasteiger partial charge in [0.05, 0.1) is 6.54 Å². The van der Waals surface area contributed by atoms with E-state index in [2.05, 4.69) is 15.4 Å². The Bertz CT molecular complexity index is 243. The van der Waals surface area contributed by atoms with Crippen LogP contribution in [0.5, 0.6) is 0 Å². The van der Waals surface area contributed by atoms with Crippen molar-refractivity contribution in [1.29, 1.82) is 0 Å². The fourth-order valence-corrected chi connectivity index (χ4v) is 1.63. The molecule has 0 saturated carbocycles. The number of nitrogens with one attached hydrogen (secondary N) is 1. The number of ether oxygens (including phenoxy) is 1. The van der Waals surface area contributed by atoms with Crippen molar-refractivity contribution in [3.05, 3.63) is 12.7 Å². The molecule has 1 aliphatic rings. The first kappa shape index (κ1) is 9.61. The molecule has 5 nitrogen and oxygen atoms in total. The summed E-state index contributed by atoms with van der Waals surface area (Å²) in [7, 11) is 0. The van der Waals surface area contributed by atoms with E-state index in [0.29, 0.717) is 6.04 Å². The fraction of sp³-hybridized carbons (Fsp3) is 0.778. The highest BCUT2D eigenvalue weighted by Gasteiger charge is 2.11. The summed E-state index contributed by atoms with van der Waals surface area (Å²) >= 11 is 0. The largest absolute Gasteiger partial charge is 0.381 e. The quantitative estimate of drug-likeness (QED) is 0.739. The zero-order valence-corrected chi connectivity index (χ0v) is 8.22. The first-order chi connectivity index (χ1) is 6.95. The van der Waals surface area contributed by atoms with E-state index in [-0.39, 0.29) is 0 Å². The Morgan fingerprint density at radius 1 is 1.43 bits per heavy atom. The highest BCUT2D eigenvalue weighted by molar-refractivity contribution is 4.70. The second-order valence-corrected chi connectivity index (χ2v) is 3.50. The van der Waals surface area contributed by atoms with Gasteiger partial charge < -0.3 is 10.1 Å². The molecule has 0 spiro atoms. The van der Waals surface area contributed by atoms with Crippen LogP contribution in [0.15, 0.2) is 12.7 Å². The molecule has 78 valence electrons. The Kier molecular flexibility index (Phi) is 3.48. The second kappa shape index (κ2) is 5.07. The van der Waals surface area contributed by atoms with Crippen LogP contribution in [0.3, 0.4) is 0 Å². The van der Waals surface area contributed by atoms with Crippen molar-refractivity contribution in [2.24, 2.45) is 0 Å². The van der Waals surface area contributed by atoms with Crippen LogP contribution in [0.1, 0.15) is 12.8 Å². The summed E-state index contributed by atoms with van der Waals surface area (Å²) in [6, 6.07) is 0.618. The third-order valence-electron chi connectivity index (χ3n) is 2.46. The van der Waals surface area contributed by atoms with E-state index in [4.69, 9.17) is 4.74 Å². The highest BCUT2D eigenvalue weighted by atomic mass is 16.5. The van der Waals surface area contributed by atoms with Gasteiger partial charge in [-0.1, -0.05) is 0 Å². The number of aromatic nitrogens is 3. The lowest BCUT2D eigenvalue weighted by atomic mass is 10.1. The van der Waals surface area contributed by atoms with Crippen molar-refractivity contribution in [3.63, 3.8) is 0 Å². The van der Waals surface area contributed by atoms with Gasteiger partial charge >= 0.3 is 0 Å². The fourth-order valence-electron chi connectivity index (χ4n) is 1.63.